The quantitative estimate of drug-likeness (QED) is 0.575. The second-order valence-electron chi connectivity index (χ2n) is 5.52. The molecule has 0 amide bonds. The zero-order valence-corrected chi connectivity index (χ0v) is 14.6. The van der Waals surface area contributed by atoms with Crippen molar-refractivity contribution in [3.63, 3.8) is 0 Å². The molecule has 0 heterocycles. The van der Waals surface area contributed by atoms with Crippen LogP contribution in [-0.4, -0.2) is 28.7 Å². The van der Waals surface area contributed by atoms with Crippen molar-refractivity contribution in [2.45, 2.75) is 52.0 Å². The first kappa shape index (κ1) is 21.1. The van der Waals surface area contributed by atoms with Gasteiger partial charge in [0.25, 0.3) is 0 Å². The summed E-state index contributed by atoms with van der Waals surface area (Å²) in [5.74, 6) is -0.0215. The minimum absolute atomic E-state index is 0. The molecule has 0 saturated carbocycles. The number of hydrogen-bond acceptors (Lipinski definition) is 3. The smallest absolute Gasteiger partial charge is 0.860 e. The summed E-state index contributed by atoms with van der Waals surface area (Å²) in [6, 6.07) is 7.41. The molecular weight excluding hydrogens is 269 g/mol. The molecule has 0 fully saturated rings. The van der Waals surface area contributed by atoms with Crippen molar-refractivity contribution in [3.8, 4) is 0 Å². The van der Waals surface area contributed by atoms with E-state index >= 15 is 0 Å². The summed E-state index contributed by atoms with van der Waals surface area (Å²) in [4.78, 5) is 1.86. The molecule has 1 aromatic rings. The van der Waals surface area contributed by atoms with Crippen LogP contribution in [0.2, 0.25) is 0 Å². The monoisotopic (exact) mass is 297 g/mol. The first-order valence-electron chi connectivity index (χ1n) is 7.90. The molecule has 4 heteroatoms. The Balaban J connectivity index is 0.00000441. The van der Waals surface area contributed by atoms with Crippen LogP contribution in [0.25, 0.3) is 12.5 Å². The second kappa shape index (κ2) is 10.00. The van der Waals surface area contributed by atoms with E-state index in [0.29, 0.717) is 11.8 Å². The first-order valence-corrected chi connectivity index (χ1v) is 7.90. The predicted octanol–water partition coefficient (Wildman–Crippen LogP) is -1.82. The summed E-state index contributed by atoms with van der Waals surface area (Å²) in [5, 5.41) is 23.8. The number of nitrogens with zero attached hydrogens (tertiary/aromatic N) is 1. The van der Waals surface area contributed by atoms with Crippen molar-refractivity contribution in [3.05, 3.63) is 34.7 Å². The molecule has 0 aromatic heterocycles. The summed E-state index contributed by atoms with van der Waals surface area (Å²) in [6.45, 7) is 10.7. The Bertz CT molecular complexity index is 540. The van der Waals surface area contributed by atoms with Gasteiger partial charge in [0, 0.05) is 12.1 Å². The van der Waals surface area contributed by atoms with Crippen LogP contribution in [0.5, 0.6) is 0 Å². The van der Waals surface area contributed by atoms with Crippen LogP contribution < -0.4 is 34.4 Å². The van der Waals surface area contributed by atoms with Crippen LogP contribution in [0, 0.1) is 0 Å². The summed E-state index contributed by atoms with van der Waals surface area (Å²) in [6.07, 6.45) is 3.75. The van der Waals surface area contributed by atoms with Crippen LogP contribution >= 0.6 is 0 Å². The third-order valence-electron chi connectivity index (χ3n) is 4.42. The van der Waals surface area contributed by atoms with Gasteiger partial charge >= 0.3 is 18.9 Å². The molecule has 0 aliphatic rings. The summed E-state index contributed by atoms with van der Waals surface area (Å²) in [7, 11) is 0. The van der Waals surface area contributed by atoms with Gasteiger partial charge in [-0.1, -0.05) is 58.0 Å². The van der Waals surface area contributed by atoms with Gasteiger partial charge in [0.1, 0.15) is 0 Å². The average molecular weight is 297 g/mol. The average Bonchev–Trinajstić information content (AvgIpc) is 2.50. The van der Waals surface area contributed by atoms with Gasteiger partial charge in [-0.2, -0.15) is 0 Å². The number of aliphatic hydroxyl groups is 1. The Morgan fingerprint density at radius 2 is 1.82 bits per heavy atom. The molecule has 0 aliphatic carbocycles. The van der Waals surface area contributed by atoms with Gasteiger partial charge in [-0.3, -0.25) is 0 Å². The van der Waals surface area contributed by atoms with Crippen LogP contribution in [0.15, 0.2) is 24.3 Å². The topological polar surface area (TPSA) is 46.5 Å². The summed E-state index contributed by atoms with van der Waals surface area (Å²) in [5.41, 5.74) is -0.184. The van der Waals surface area contributed by atoms with Crippen LogP contribution in [0.1, 0.15) is 46.5 Å². The molecule has 0 aliphatic heterocycles. The van der Waals surface area contributed by atoms with Crippen molar-refractivity contribution in [2.24, 2.45) is 0 Å². The molecule has 1 rings (SSSR count). The number of rotatable bonds is 8. The fraction of sp³-hybridized carbons (Fsp3) is 0.556. The number of benzene rings is 1. The molecule has 1 aromatic carbocycles. The van der Waals surface area contributed by atoms with Gasteiger partial charge < -0.3 is 15.1 Å². The van der Waals surface area contributed by atoms with E-state index in [4.69, 9.17) is 0 Å². The maximum atomic E-state index is 13.0. The third-order valence-corrected chi connectivity index (χ3v) is 4.42. The van der Waals surface area contributed by atoms with Gasteiger partial charge in [0.2, 0.25) is 0 Å². The van der Waals surface area contributed by atoms with Crippen LogP contribution in [0.3, 0.4) is 0 Å². The van der Waals surface area contributed by atoms with E-state index in [1.165, 1.54) is 0 Å². The maximum Gasteiger partial charge on any atom is 1.00 e. The molecule has 0 unspecified atom stereocenters. The van der Waals surface area contributed by atoms with Crippen LogP contribution in [-0.2, 0) is 0 Å². The van der Waals surface area contributed by atoms with E-state index in [0.717, 1.165) is 30.9 Å². The molecule has 22 heavy (non-hydrogen) atoms. The Kier molecular flexibility index (Phi) is 9.60. The van der Waals surface area contributed by atoms with Gasteiger partial charge in [-0.05, 0) is 35.6 Å². The van der Waals surface area contributed by atoms with Crippen molar-refractivity contribution in [1.29, 1.82) is 0 Å². The normalized spacial score (nSPS) is 12.5. The first-order chi connectivity index (χ1) is 10.1. The van der Waals surface area contributed by atoms with Crippen molar-refractivity contribution < 1.29 is 29.1 Å². The molecule has 1 N–H and O–H groups in total. The molecule has 0 radical (unpaired) electrons. The molecule has 0 saturated heterocycles. The number of aliphatic hydroxyl groups excluding tert-OH is 1. The Hall–Kier alpha value is -0.883. The van der Waals surface area contributed by atoms with Crippen LogP contribution in [0.4, 0.5) is 0 Å². The molecular formula is C18H28LiNO2. The fourth-order valence-corrected chi connectivity index (χ4v) is 3.11. The molecule has 0 atom stereocenters. The molecule has 118 valence electrons. The van der Waals surface area contributed by atoms with E-state index in [1.807, 2.05) is 29.2 Å². The second-order valence-corrected chi connectivity index (χ2v) is 5.52. The summed E-state index contributed by atoms with van der Waals surface area (Å²) >= 11 is 0. The largest absolute Gasteiger partial charge is 1.00 e. The predicted molar refractivity (Wildman–Crippen MR) is 86.6 cm³/mol. The van der Waals surface area contributed by atoms with E-state index in [9.17, 15) is 10.2 Å². The Morgan fingerprint density at radius 3 is 2.27 bits per heavy atom. The third kappa shape index (κ3) is 4.55. The van der Waals surface area contributed by atoms with E-state index in [2.05, 4.69) is 27.4 Å². The Labute approximate surface area is 146 Å². The zero-order valence-electron chi connectivity index (χ0n) is 14.6. The number of hydrogen-bond donors (Lipinski definition) is 1. The van der Waals surface area contributed by atoms with E-state index < -0.39 is 0 Å². The van der Waals surface area contributed by atoms with Gasteiger partial charge in [-0.25, -0.2) is 0 Å². The minimum atomic E-state index is -0.184. The zero-order chi connectivity index (χ0) is 15.9. The molecule has 0 spiro atoms. The van der Waals surface area contributed by atoms with Gasteiger partial charge in [0.05, 0.1) is 6.61 Å². The van der Waals surface area contributed by atoms with Crippen molar-refractivity contribution in [1.82, 2.24) is 4.90 Å². The molecule has 3 nitrogen and oxygen atoms in total. The fourth-order valence-electron chi connectivity index (χ4n) is 3.11. The summed E-state index contributed by atoms with van der Waals surface area (Å²) < 4.78 is 0. The van der Waals surface area contributed by atoms with Gasteiger partial charge in [-0.15, -0.1) is 0 Å². The standard InChI is InChI=1S/C18H29NO2.Li/c1-5-12-18(6-2,7-3)19(13-14-20)17(21)16-11-9-8-10-15(16)4;/h8-11,20-21H,4-7,12-14H2,1-3H3;/q;+1/p-1/b17-16-;. The van der Waals surface area contributed by atoms with Crippen molar-refractivity contribution >= 4 is 12.5 Å². The Morgan fingerprint density at radius 1 is 1.23 bits per heavy atom. The maximum absolute atomic E-state index is 13.0. The SMILES string of the molecule is C=c1cccc/c1=C(/[O-])N(CCO)C(CC)(CC)CCC.[Li+]. The van der Waals surface area contributed by atoms with E-state index in [1.54, 1.807) is 0 Å². The molecule has 0 bridgehead atoms. The van der Waals surface area contributed by atoms with Crippen molar-refractivity contribution in [2.75, 3.05) is 13.2 Å². The van der Waals surface area contributed by atoms with Gasteiger partial charge in [0.15, 0.2) is 0 Å². The minimum Gasteiger partial charge on any atom is -0.860 e. The van der Waals surface area contributed by atoms with E-state index in [-0.39, 0.29) is 36.9 Å². The number of β-amino-alcohol motifs (C(OH)–C–C–N with tert-alkyl or cyclic N) is 1.